The van der Waals surface area contributed by atoms with E-state index in [1.807, 2.05) is 4.90 Å². The van der Waals surface area contributed by atoms with E-state index in [4.69, 9.17) is 5.73 Å². The van der Waals surface area contributed by atoms with E-state index in [1.165, 1.54) is 0 Å². The Morgan fingerprint density at radius 3 is 2.58 bits per heavy atom. The first-order chi connectivity index (χ1) is 5.74. The standard InChI is InChI=1S/C8H15IN2O/c9-7-2-5-11(6-3-7)8(12)1-4-10/h7H,1-6,10H2. The molecule has 4 heteroatoms. The molecule has 0 radical (unpaired) electrons. The van der Waals surface area contributed by atoms with Crippen molar-refractivity contribution in [2.24, 2.45) is 5.73 Å². The summed E-state index contributed by atoms with van der Waals surface area (Å²) in [7, 11) is 0. The number of halogens is 1. The molecule has 3 nitrogen and oxygen atoms in total. The predicted molar refractivity (Wildman–Crippen MR) is 57.3 cm³/mol. The second kappa shape index (κ2) is 5.01. The number of alkyl halides is 1. The Morgan fingerprint density at radius 1 is 1.50 bits per heavy atom. The van der Waals surface area contributed by atoms with Crippen molar-refractivity contribution in [1.82, 2.24) is 4.90 Å². The fourth-order valence-corrected chi connectivity index (χ4v) is 1.94. The summed E-state index contributed by atoms with van der Waals surface area (Å²) in [5.74, 6) is 0.223. The van der Waals surface area contributed by atoms with E-state index in [9.17, 15) is 4.79 Å². The zero-order chi connectivity index (χ0) is 8.97. The molecule has 12 heavy (non-hydrogen) atoms. The highest BCUT2D eigenvalue weighted by atomic mass is 127. The molecule has 2 N–H and O–H groups in total. The Morgan fingerprint density at radius 2 is 2.08 bits per heavy atom. The van der Waals surface area contributed by atoms with Crippen LogP contribution in [0.15, 0.2) is 0 Å². The molecule has 0 aliphatic carbocycles. The van der Waals surface area contributed by atoms with E-state index >= 15 is 0 Å². The van der Waals surface area contributed by atoms with E-state index < -0.39 is 0 Å². The summed E-state index contributed by atoms with van der Waals surface area (Å²) in [5, 5.41) is 0. The zero-order valence-corrected chi connectivity index (χ0v) is 9.29. The molecule has 1 aliphatic rings. The van der Waals surface area contributed by atoms with Crippen molar-refractivity contribution in [3.63, 3.8) is 0 Å². The summed E-state index contributed by atoms with van der Waals surface area (Å²) in [6.07, 6.45) is 2.78. The highest BCUT2D eigenvalue weighted by Crippen LogP contribution is 2.18. The lowest BCUT2D eigenvalue weighted by molar-refractivity contribution is -0.131. The van der Waals surface area contributed by atoms with Gasteiger partial charge in [-0.25, -0.2) is 0 Å². The summed E-state index contributed by atoms with van der Waals surface area (Å²) >= 11 is 2.45. The first kappa shape index (κ1) is 10.2. The van der Waals surface area contributed by atoms with E-state index in [0.717, 1.165) is 29.9 Å². The van der Waals surface area contributed by atoms with Crippen LogP contribution in [0.5, 0.6) is 0 Å². The molecule has 0 aromatic heterocycles. The minimum Gasteiger partial charge on any atom is -0.343 e. The molecule has 0 atom stereocenters. The van der Waals surface area contributed by atoms with Gasteiger partial charge >= 0.3 is 0 Å². The number of hydrogen-bond acceptors (Lipinski definition) is 2. The summed E-state index contributed by atoms with van der Waals surface area (Å²) < 4.78 is 0.754. The third-order valence-corrected chi connectivity index (χ3v) is 3.38. The lowest BCUT2D eigenvalue weighted by Gasteiger charge is -2.29. The predicted octanol–water partition coefficient (Wildman–Crippen LogP) is 0.761. The van der Waals surface area contributed by atoms with E-state index in [1.54, 1.807) is 0 Å². The molecule has 0 bridgehead atoms. The van der Waals surface area contributed by atoms with E-state index in [0.29, 0.717) is 13.0 Å². The van der Waals surface area contributed by atoms with Crippen LogP contribution in [0.1, 0.15) is 19.3 Å². The molecule has 0 aromatic carbocycles. The van der Waals surface area contributed by atoms with Crippen molar-refractivity contribution in [2.75, 3.05) is 19.6 Å². The molecule has 0 aromatic rings. The van der Waals surface area contributed by atoms with Gasteiger partial charge in [0, 0.05) is 30.0 Å². The van der Waals surface area contributed by atoms with Gasteiger partial charge in [-0.05, 0) is 12.8 Å². The first-order valence-corrected chi connectivity index (χ1v) is 5.60. The van der Waals surface area contributed by atoms with Crippen molar-refractivity contribution < 1.29 is 4.79 Å². The molecule has 1 rings (SSSR count). The lowest BCUT2D eigenvalue weighted by atomic mass is 10.1. The normalized spacial score (nSPS) is 19.7. The molecule has 70 valence electrons. The van der Waals surface area contributed by atoms with Gasteiger partial charge in [0.2, 0.25) is 5.91 Å². The van der Waals surface area contributed by atoms with Crippen LogP contribution >= 0.6 is 22.6 Å². The van der Waals surface area contributed by atoms with Gasteiger partial charge in [0.1, 0.15) is 0 Å². The molecule has 0 spiro atoms. The number of nitrogens with zero attached hydrogens (tertiary/aromatic N) is 1. The van der Waals surface area contributed by atoms with Crippen LogP contribution in [0.25, 0.3) is 0 Å². The molecular weight excluding hydrogens is 267 g/mol. The van der Waals surface area contributed by atoms with Gasteiger partial charge in [-0.3, -0.25) is 4.79 Å². The van der Waals surface area contributed by atoms with Crippen LogP contribution in [-0.4, -0.2) is 34.4 Å². The van der Waals surface area contributed by atoms with Gasteiger partial charge < -0.3 is 10.6 Å². The van der Waals surface area contributed by atoms with Crippen molar-refractivity contribution >= 4 is 28.5 Å². The van der Waals surface area contributed by atoms with Gasteiger partial charge in [-0.1, -0.05) is 22.6 Å². The Hall–Kier alpha value is 0.160. The SMILES string of the molecule is NCCC(=O)N1CCC(I)CC1. The minimum atomic E-state index is 0.223. The Balaban J connectivity index is 2.29. The summed E-state index contributed by atoms with van der Waals surface area (Å²) in [5.41, 5.74) is 5.31. The third kappa shape index (κ3) is 2.90. The molecule has 1 aliphatic heterocycles. The van der Waals surface area contributed by atoms with Crippen LogP contribution in [0.2, 0.25) is 0 Å². The maximum absolute atomic E-state index is 11.3. The number of hydrogen-bond donors (Lipinski definition) is 1. The van der Waals surface area contributed by atoms with Crippen molar-refractivity contribution in [3.05, 3.63) is 0 Å². The average molecular weight is 282 g/mol. The average Bonchev–Trinajstić information content (AvgIpc) is 2.06. The molecule has 1 saturated heterocycles. The van der Waals surface area contributed by atoms with Gasteiger partial charge in [-0.2, -0.15) is 0 Å². The summed E-state index contributed by atoms with van der Waals surface area (Å²) in [4.78, 5) is 13.3. The van der Waals surface area contributed by atoms with Gasteiger partial charge in [0.05, 0.1) is 0 Å². The number of carbonyl (C=O) groups is 1. The van der Waals surface area contributed by atoms with Crippen molar-refractivity contribution in [2.45, 2.75) is 23.2 Å². The fraction of sp³-hybridized carbons (Fsp3) is 0.875. The van der Waals surface area contributed by atoms with Crippen LogP contribution in [0.3, 0.4) is 0 Å². The number of nitrogens with two attached hydrogens (primary N) is 1. The first-order valence-electron chi connectivity index (χ1n) is 4.36. The Kier molecular flexibility index (Phi) is 4.28. The van der Waals surface area contributed by atoms with Gasteiger partial charge in [0.15, 0.2) is 0 Å². The van der Waals surface area contributed by atoms with Crippen LogP contribution in [0, 0.1) is 0 Å². The molecule has 1 heterocycles. The molecular formula is C8H15IN2O. The maximum Gasteiger partial charge on any atom is 0.223 e. The molecule has 1 fully saturated rings. The van der Waals surface area contributed by atoms with Gasteiger partial charge in [-0.15, -0.1) is 0 Å². The maximum atomic E-state index is 11.3. The second-order valence-corrected chi connectivity index (χ2v) is 4.86. The lowest BCUT2D eigenvalue weighted by Crippen LogP contribution is -2.39. The van der Waals surface area contributed by atoms with Crippen LogP contribution in [0.4, 0.5) is 0 Å². The summed E-state index contributed by atoms with van der Waals surface area (Å²) in [6.45, 7) is 2.32. The number of likely N-dealkylation sites (tertiary alicyclic amines) is 1. The molecule has 1 amide bonds. The second-order valence-electron chi connectivity index (χ2n) is 3.09. The number of rotatable bonds is 2. The highest BCUT2D eigenvalue weighted by molar-refractivity contribution is 14.1. The Bertz CT molecular complexity index is 155. The monoisotopic (exact) mass is 282 g/mol. The molecule has 0 unspecified atom stereocenters. The highest BCUT2D eigenvalue weighted by Gasteiger charge is 2.19. The van der Waals surface area contributed by atoms with Gasteiger partial charge in [0.25, 0.3) is 0 Å². The largest absolute Gasteiger partial charge is 0.343 e. The molecule has 0 saturated carbocycles. The third-order valence-electron chi connectivity index (χ3n) is 2.14. The van der Waals surface area contributed by atoms with E-state index in [2.05, 4.69) is 22.6 Å². The quantitative estimate of drug-likeness (QED) is 0.600. The Labute approximate surface area is 86.8 Å². The van der Waals surface area contributed by atoms with Crippen LogP contribution in [-0.2, 0) is 4.79 Å². The number of amides is 1. The summed E-state index contributed by atoms with van der Waals surface area (Å²) in [6, 6.07) is 0. The van der Waals surface area contributed by atoms with E-state index in [-0.39, 0.29) is 5.91 Å². The zero-order valence-electron chi connectivity index (χ0n) is 7.13. The van der Waals surface area contributed by atoms with Crippen molar-refractivity contribution in [1.29, 1.82) is 0 Å². The number of carbonyl (C=O) groups excluding carboxylic acids is 1. The smallest absolute Gasteiger partial charge is 0.223 e. The number of piperidine rings is 1. The van der Waals surface area contributed by atoms with Crippen LogP contribution < -0.4 is 5.73 Å². The topological polar surface area (TPSA) is 46.3 Å². The minimum absolute atomic E-state index is 0.223. The fourth-order valence-electron chi connectivity index (χ4n) is 1.38. The van der Waals surface area contributed by atoms with Crippen molar-refractivity contribution in [3.8, 4) is 0 Å².